The Labute approximate surface area is 109 Å². The van der Waals surface area contributed by atoms with E-state index in [9.17, 15) is 9.59 Å². The number of nitrogens with zero attached hydrogens (tertiary/aromatic N) is 1. The first-order valence-corrected chi connectivity index (χ1v) is 7.28. The summed E-state index contributed by atoms with van der Waals surface area (Å²) in [6.45, 7) is 4.37. The van der Waals surface area contributed by atoms with Crippen LogP contribution in [0.25, 0.3) is 0 Å². The summed E-state index contributed by atoms with van der Waals surface area (Å²) in [7, 11) is 1.93. The highest BCUT2D eigenvalue weighted by Gasteiger charge is 2.63. The molecule has 1 heterocycles. The molecule has 3 aliphatic rings. The van der Waals surface area contributed by atoms with Crippen molar-refractivity contribution in [3.05, 3.63) is 0 Å². The number of amides is 1. The Hall–Kier alpha value is -0.860. The van der Waals surface area contributed by atoms with Crippen LogP contribution in [0.2, 0.25) is 0 Å². The predicted molar refractivity (Wildman–Crippen MR) is 68.9 cm³/mol. The number of carbonyl (C=O) groups is 2. The third-order valence-corrected chi connectivity index (χ3v) is 6.07. The van der Waals surface area contributed by atoms with Gasteiger partial charge in [-0.3, -0.25) is 9.59 Å². The fourth-order valence-corrected chi connectivity index (χ4v) is 5.16. The third-order valence-electron chi connectivity index (χ3n) is 6.07. The number of hydrogen-bond donors (Lipinski definition) is 0. The average Bonchev–Trinajstić information content (AvgIpc) is 2.51. The van der Waals surface area contributed by atoms with Crippen molar-refractivity contribution < 1.29 is 9.59 Å². The van der Waals surface area contributed by atoms with Gasteiger partial charge in [0, 0.05) is 25.8 Å². The SMILES string of the molecule is C[C@@H]1CC[C@@H]2[C@@H](C)C(=O)N(C)[C@]23CC(=O)CC[C@@H]13. The highest BCUT2D eigenvalue weighted by Crippen LogP contribution is 2.57. The summed E-state index contributed by atoms with van der Waals surface area (Å²) < 4.78 is 0. The molecule has 18 heavy (non-hydrogen) atoms. The number of ketones is 1. The molecule has 1 spiro atoms. The summed E-state index contributed by atoms with van der Waals surface area (Å²) in [6.07, 6.45) is 4.65. The molecule has 100 valence electrons. The van der Waals surface area contributed by atoms with Crippen LogP contribution in [0.15, 0.2) is 0 Å². The molecule has 3 heteroatoms. The van der Waals surface area contributed by atoms with Gasteiger partial charge in [-0.1, -0.05) is 13.8 Å². The van der Waals surface area contributed by atoms with Crippen molar-refractivity contribution in [1.82, 2.24) is 4.90 Å². The normalized spacial score (nSPS) is 48.1. The molecule has 0 aromatic heterocycles. The molecule has 3 fully saturated rings. The molecule has 0 radical (unpaired) electrons. The van der Waals surface area contributed by atoms with E-state index in [0.29, 0.717) is 30.0 Å². The number of Topliss-reactive ketones (excluding diaryl/α,β-unsaturated/α-hetero) is 1. The Kier molecular flexibility index (Phi) is 2.58. The van der Waals surface area contributed by atoms with Crippen LogP contribution < -0.4 is 0 Å². The number of hydrogen-bond acceptors (Lipinski definition) is 2. The molecule has 3 nitrogen and oxygen atoms in total. The zero-order valence-electron chi connectivity index (χ0n) is 11.6. The van der Waals surface area contributed by atoms with E-state index in [4.69, 9.17) is 0 Å². The summed E-state index contributed by atoms with van der Waals surface area (Å²) in [5.41, 5.74) is -0.135. The van der Waals surface area contributed by atoms with Gasteiger partial charge in [-0.25, -0.2) is 0 Å². The van der Waals surface area contributed by atoms with Crippen LogP contribution >= 0.6 is 0 Å². The van der Waals surface area contributed by atoms with Crippen molar-refractivity contribution in [3.63, 3.8) is 0 Å². The van der Waals surface area contributed by atoms with E-state index in [1.54, 1.807) is 0 Å². The molecular formula is C15H23NO2. The van der Waals surface area contributed by atoms with Crippen LogP contribution in [-0.4, -0.2) is 29.2 Å². The Morgan fingerprint density at radius 3 is 2.56 bits per heavy atom. The lowest BCUT2D eigenvalue weighted by molar-refractivity contribution is -0.140. The second kappa shape index (κ2) is 3.82. The fraction of sp³-hybridized carbons (Fsp3) is 0.867. The fourth-order valence-electron chi connectivity index (χ4n) is 5.16. The van der Waals surface area contributed by atoms with E-state index < -0.39 is 0 Å². The van der Waals surface area contributed by atoms with Crippen molar-refractivity contribution >= 4 is 11.7 Å². The lowest BCUT2D eigenvalue weighted by Crippen LogP contribution is -2.60. The largest absolute Gasteiger partial charge is 0.339 e. The van der Waals surface area contributed by atoms with Crippen LogP contribution in [0, 0.1) is 23.7 Å². The van der Waals surface area contributed by atoms with Gasteiger partial charge in [0.1, 0.15) is 5.78 Å². The summed E-state index contributed by atoms with van der Waals surface area (Å²) in [6, 6.07) is 0. The Balaban J connectivity index is 2.08. The summed E-state index contributed by atoms with van der Waals surface area (Å²) in [5.74, 6) is 2.31. The van der Waals surface area contributed by atoms with Crippen molar-refractivity contribution in [1.29, 1.82) is 0 Å². The molecular weight excluding hydrogens is 226 g/mol. The van der Waals surface area contributed by atoms with E-state index in [-0.39, 0.29) is 17.4 Å². The first-order valence-electron chi connectivity index (χ1n) is 7.28. The van der Waals surface area contributed by atoms with E-state index in [0.717, 1.165) is 19.3 Å². The van der Waals surface area contributed by atoms with Gasteiger partial charge in [0.05, 0.1) is 5.54 Å². The third kappa shape index (κ3) is 1.31. The molecule has 0 aromatic rings. The highest BCUT2D eigenvalue weighted by atomic mass is 16.2. The zero-order chi connectivity index (χ0) is 13.1. The summed E-state index contributed by atoms with van der Waals surface area (Å²) >= 11 is 0. The molecule has 0 unspecified atom stereocenters. The Morgan fingerprint density at radius 2 is 1.83 bits per heavy atom. The molecule has 3 rings (SSSR count). The Morgan fingerprint density at radius 1 is 1.11 bits per heavy atom. The van der Waals surface area contributed by atoms with E-state index >= 15 is 0 Å². The second-order valence-electron chi connectivity index (χ2n) is 6.70. The predicted octanol–water partition coefficient (Wildman–Crippen LogP) is 2.25. The van der Waals surface area contributed by atoms with Gasteiger partial charge in [-0.15, -0.1) is 0 Å². The standard InChI is InChI=1S/C15H23NO2/c1-9-4-6-13-10(2)14(18)16(3)15(13)8-11(17)5-7-12(9)15/h9-10,12-13H,4-8H2,1-3H3/t9-,10-,12+,13-,15+/m1/s1. The number of rotatable bonds is 0. The molecule has 2 saturated carbocycles. The summed E-state index contributed by atoms with van der Waals surface area (Å²) in [4.78, 5) is 26.3. The van der Waals surface area contributed by atoms with Crippen LogP contribution in [0.1, 0.15) is 46.0 Å². The second-order valence-corrected chi connectivity index (χ2v) is 6.70. The van der Waals surface area contributed by atoms with Crippen molar-refractivity contribution in [2.45, 2.75) is 51.5 Å². The van der Waals surface area contributed by atoms with Crippen LogP contribution in [-0.2, 0) is 9.59 Å². The van der Waals surface area contributed by atoms with Gasteiger partial charge in [-0.05, 0) is 37.0 Å². The number of likely N-dealkylation sites (tertiary alicyclic amines) is 1. The first kappa shape index (κ1) is 12.2. The van der Waals surface area contributed by atoms with E-state index in [1.165, 1.54) is 6.42 Å². The molecule has 5 atom stereocenters. The average molecular weight is 249 g/mol. The Bertz CT molecular complexity index is 405. The topological polar surface area (TPSA) is 37.4 Å². The minimum atomic E-state index is -0.135. The van der Waals surface area contributed by atoms with E-state index in [1.807, 2.05) is 11.9 Å². The van der Waals surface area contributed by atoms with Gasteiger partial charge in [0.2, 0.25) is 5.91 Å². The van der Waals surface area contributed by atoms with Crippen molar-refractivity contribution in [2.24, 2.45) is 23.7 Å². The molecule has 1 saturated heterocycles. The lowest BCUT2D eigenvalue weighted by atomic mass is 9.55. The molecule has 1 aliphatic heterocycles. The molecule has 0 aromatic carbocycles. The monoisotopic (exact) mass is 249 g/mol. The van der Waals surface area contributed by atoms with Crippen LogP contribution in [0.4, 0.5) is 0 Å². The first-order chi connectivity index (χ1) is 8.48. The molecule has 2 aliphatic carbocycles. The van der Waals surface area contributed by atoms with Crippen molar-refractivity contribution in [2.75, 3.05) is 7.05 Å². The van der Waals surface area contributed by atoms with Gasteiger partial charge < -0.3 is 4.90 Å². The van der Waals surface area contributed by atoms with Gasteiger partial charge in [0.15, 0.2) is 0 Å². The maximum Gasteiger partial charge on any atom is 0.226 e. The molecule has 0 N–H and O–H groups in total. The minimum Gasteiger partial charge on any atom is -0.339 e. The number of carbonyl (C=O) groups excluding carboxylic acids is 2. The zero-order valence-corrected chi connectivity index (χ0v) is 11.6. The maximum atomic E-state index is 12.3. The van der Waals surface area contributed by atoms with Gasteiger partial charge in [-0.2, -0.15) is 0 Å². The van der Waals surface area contributed by atoms with Gasteiger partial charge in [0.25, 0.3) is 0 Å². The smallest absolute Gasteiger partial charge is 0.226 e. The van der Waals surface area contributed by atoms with E-state index in [2.05, 4.69) is 13.8 Å². The van der Waals surface area contributed by atoms with Gasteiger partial charge >= 0.3 is 0 Å². The molecule has 0 bridgehead atoms. The van der Waals surface area contributed by atoms with Crippen LogP contribution in [0.3, 0.4) is 0 Å². The van der Waals surface area contributed by atoms with Crippen molar-refractivity contribution in [3.8, 4) is 0 Å². The van der Waals surface area contributed by atoms with Crippen LogP contribution in [0.5, 0.6) is 0 Å². The quantitative estimate of drug-likeness (QED) is 0.660. The maximum absolute atomic E-state index is 12.3. The minimum absolute atomic E-state index is 0.107. The summed E-state index contributed by atoms with van der Waals surface area (Å²) in [5, 5.41) is 0. The highest BCUT2D eigenvalue weighted by molar-refractivity contribution is 5.87. The lowest BCUT2D eigenvalue weighted by Gasteiger charge is -2.54. The molecule has 1 amide bonds.